The minimum absolute atomic E-state index is 0.0389. The summed E-state index contributed by atoms with van der Waals surface area (Å²) in [7, 11) is 0. The van der Waals surface area contributed by atoms with E-state index in [9.17, 15) is 13.6 Å². The molecule has 5 nitrogen and oxygen atoms in total. The molecule has 2 aromatic rings. The predicted molar refractivity (Wildman–Crippen MR) is 84.0 cm³/mol. The third-order valence-corrected chi connectivity index (χ3v) is 3.91. The van der Waals surface area contributed by atoms with Crippen molar-refractivity contribution in [3.8, 4) is 5.75 Å². The van der Waals surface area contributed by atoms with Crippen molar-refractivity contribution in [2.75, 3.05) is 11.9 Å². The van der Waals surface area contributed by atoms with Crippen LogP contribution in [0.3, 0.4) is 0 Å². The van der Waals surface area contributed by atoms with Gasteiger partial charge >= 0.3 is 12.6 Å². The molecule has 1 heterocycles. The monoisotopic (exact) mass is 342 g/mol. The number of nitrogens with one attached hydrogen (secondary N) is 2. The van der Waals surface area contributed by atoms with Crippen LogP contribution in [0, 0.1) is 0 Å². The summed E-state index contributed by atoms with van der Waals surface area (Å²) >= 11 is 1.47. The van der Waals surface area contributed by atoms with Gasteiger partial charge in [-0.1, -0.05) is 12.1 Å². The Bertz CT molecular complexity index is 623. The second-order valence-corrected chi connectivity index (χ2v) is 5.56. The lowest BCUT2D eigenvalue weighted by molar-refractivity contribution is -0.0497. The van der Waals surface area contributed by atoms with Crippen LogP contribution in [0.4, 0.5) is 19.3 Å². The Balaban J connectivity index is 1.98. The number of aliphatic hydroxyl groups is 1. The van der Waals surface area contributed by atoms with Crippen LogP contribution in [-0.4, -0.2) is 24.4 Å². The molecule has 23 heavy (non-hydrogen) atoms. The lowest BCUT2D eigenvalue weighted by Crippen LogP contribution is -2.32. The second-order valence-electron chi connectivity index (χ2n) is 4.59. The SMILES string of the molecule is O=C(Nc1cccc(OC(F)F)c1)NC(CCO)c1cccs1. The van der Waals surface area contributed by atoms with Gasteiger partial charge in [-0.2, -0.15) is 8.78 Å². The van der Waals surface area contributed by atoms with Gasteiger partial charge in [0.25, 0.3) is 0 Å². The number of urea groups is 1. The first-order valence-electron chi connectivity index (χ1n) is 6.85. The largest absolute Gasteiger partial charge is 0.435 e. The van der Waals surface area contributed by atoms with E-state index in [0.29, 0.717) is 12.1 Å². The fourth-order valence-electron chi connectivity index (χ4n) is 1.98. The van der Waals surface area contributed by atoms with Crippen LogP contribution in [0.15, 0.2) is 41.8 Å². The first-order valence-corrected chi connectivity index (χ1v) is 7.73. The molecule has 0 saturated carbocycles. The van der Waals surface area contributed by atoms with E-state index in [0.717, 1.165) is 4.88 Å². The zero-order valence-corrected chi connectivity index (χ0v) is 12.9. The Morgan fingerprint density at radius 2 is 2.13 bits per heavy atom. The minimum Gasteiger partial charge on any atom is -0.435 e. The molecule has 3 N–H and O–H groups in total. The zero-order valence-electron chi connectivity index (χ0n) is 12.0. The number of carbonyl (C=O) groups is 1. The molecule has 1 atom stereocenters. The number of anilines is 1. The molecule has 124 valence electrons. The Morgan fingerprint density at radius 3 is 2.78 bits per heavy atom. The molecule has 0 aliphatic rings. The zero-order chi connectivity index (χ0) is 16.7. The van der Waals surface area contributed by atoms with Gasteiger partial charge in [0, 0.05) is 23.2 Å². The molecule has 1 aromatic carbocycles. The minimum atomic E-state index is -2.92. The quantitative estimate of drug-likeness (QED) is 0.720. The molecule has 0 aliphatic carbocycles. The smallest absolute Gasteiger partial charge is 0.387 e. The molecule has 0 aliphatic heterocycles. The van der Waals surface area contributed by atoms with E-state index >= 15 is 0 Å². The van der Waals surface area contributed by atoms with Crippen molar-refractivity contribution < 1.29 is 23.4 Å². The number of carbonyl (C=O) groups excluding carboxylic acids is 1. The average molecular weight is 342 g/mol. The summed E-state index contributed by atoms with van der Waals surface area (Å²) in [4.78, 5) is 13.0. The van der Waals surface area contributed by atoms with Crippen molar-refractivity contribution in [3.63, 3.8) is 0 Å². The maximum atomic E-state index is 12.2. The van der Waals surface area contributed by atoms with Crippen LogP contribution in [0.25, 0.3) is 0 Å². The van der Waals surface area contributed by atoms with E-state index in [1.807, 2.05) is 17.5 Å². The van der Waals surface area contributed by atoms with Crippen LogP contribution >= 0.6 is 11.3 Å². The Hall–Kier alpha value is -2.19. The van der Waals surface area contributed by atoms with Crippen LogP contribution in [0.5, 0.6) is 5.75 Å². The van der Waals surface area contributed by atoms with E-state index in [1.165, 1.54) is 29.5 Å². The van der Waals surface area contributed by atoms with Crippen molar-refractivity contribution in [2.45, 2.75) is 19.1 Å². The van der Waals surface area contributed by atoms with Gasteiger partial charge in [-0.05, 0) is 30.0 Å². The number of aliphatic hydroxyl groups excluding tert-OH is 1. The number of rotatable bonds is 7. The Kier molecular flexibility index (Phi) is 6.30. The van der Waals surface area contributed by atoms with Gasteiger partial charge in [0.1, 0.15) is 5.75 Å². The maximum Gasteiger partial charge on any atom is 0.387 e. The molecule has 0 fully saturated rings. The van der Waals surface area contributed by atoms with Gasteiger partial charge in [-0.3, -0.25) is 0 Å². The highest BCUT2D eigenvalue weighted by atomic mass is 32.1. The van der Waals surface area contributed by atoms with Crippen LogP contribution < -0.4 is 15.4 Å². The summed E-state index contributed by atoms with van der Waals surface area (Å²) in [5, 5.41) is 16.3. The third kappa shape index (κ3) is 5.50. The van der Waals surface area contributed by atoms with Gasteiger partial charge in [0.15, 0.2) is 0 Å². The summed E-state index contributed by atoms with van der Waals surface area (Å²) in [5.74, 6) is -0.0389. The van der Waals surface area contributed by atoms with Gasteiger partial charge < -0.3 is 20.5 Å². The molecule has 2 rings (SSSR count). The number of alkyl halides is 2. The Labute approximate surface area is 135 Å². The normalized spacial score (nSPS) is 12.0. The summed E-state index contributed by atoms with van der Waals surface area (Å²) in [5.41, 5.74) is 0.328. The number of amides is 2. The highest BCUT2D eigenvalue weighted by Crippen LogP contribution is 2.23. The standard InChI is InChI=1S/C15H16F2N2O3S/c16-14(17)22-11-4-1-3-10(9-11)18-15(21)19-12(6-7-20)13-5-2-8-23-13/h1-5,8-9,12,14,20H,6-7H2,(H2,18,19,21). The summed E-state index contributed by atoms with van der Waals surface area (Å²) in [6, 6.07) is 8.64. The van der Waals surface area contributed by atoms with Gasteiger partial charge in [0.2, 0.25) is 0 Å². The lowest BCUT2D eigenvalue weighted by atomic mass is 10.2. The van der Waals surface area contributed by atoms with Gasteiger partial charge in [0.05, 0.1) is 6.04 Å². The number of benzene rings is 1. The maximum absolute atomic E-state index is 12.2. The molecule has 2 amide bonds. The molecular formula is C15H16F2N2O3S. The number of halogens is 2. The van der Waals surface area contributed by atoms with Crippen molar-refractivity contribution in [2.24, 2.45) is 0 Å². The number of hydrogen-bond donors (Lipinski definition) is 3. The highest BCUT2D eigenvalue weighted by Gasteiger charge is 2.15. The highest BCUT2D eigenvalue weighted by molar-refractivity contribution is 7.10. The van der Waals surface area contributed by atoms with Gasteiger partial charge in [-0.15, -0.1) is 11.3 Å². The van der Waals surface area contributed by atoms with Crippen LogP contribution in [0.2, 0.25) is 0 Å². The first kappa shape index (κ1) is 17.2. The second kappa shape index (κ2) is 8.44. The third-order valence-electron chi connectivity index (χ3n) is 2.93. The summed E-state index contributed by atoms with van der Waals surface area (Å²) < 4.78 is 28.6. The molecule has 1 aromatic heterocycles. The lowest BCUT2D eigenvalue weighted by Gasteiger charge is -2.17. The van der Waals surface area contributed by atoms with E-state index < -0.39 is 12.6 Å². The number of ether oxygens (including phenoxy) is 1. The first-order chi connectivity index (χ1) is 11.1. The van der Waals surface area contributed by atoms with E-state index in [1.54, 1.807) is 6.07 Å². The fourth-order valence-corrected chi connectivity index (χ4v) is 2.79. The predicted octanol–water partition coefficient (Wildman–Crippen LogP) is 3.59. The molecular weight excluding hydrogens is 326 g/mol. The van der Waals surface area contributed by atoms with Crippen LogP contribution in [0.1, 0.15) is 17.3 Å². The van der Waals surface area contributed by atoms with Crippen LogP contribution in [-0.2, 0) is 0 Å². The molecule has 0 radical (unpaired) electrons. The number of thiophene rings is 1. The van der Waals surface area contributed by atoms with Crippen molar-refractivity contribution in [1.82, 2.24) is 5.32 Å². The topological polar surface area (TPSA) is 70.6 Å². The molecule has 1 unspecified atom stereocenters. The molecule has 8 heteroatoms. The molecule has 0 bridgehead atoms. The van der Waals surface area contributed by atoms with Gasteiger partial charge in [-0.25, -0.2) is 4.79 Å². The van der Waals surface area contributed by atoms with Crippen molar-refractivity contribution in [1.29, 1.82) is 0 Å². The fraction of sp³-hybridized carbons (Fsp3) is 0.267. The van der Waals surface area contributed by atoms with E-state index in [-0.39, 0.29) is 18.4 Å². The molecule has 0 saturated heterocycles. The average Bonchev–Trinajstić information content (AvgIpc) is 3.00. The summed E-state index contributed by atoms with van der Waals surface area (Å²) in [6.45, 7) is -2.99. The molecule has 0 spiro atoms. The van der Waals surface area contributed by atoms with Crippen molar-refractivity contribution in [3.05, 3.63) is 46.7 Å². The summed E-state index contributed by atoms with van der Waals surface area (Å²) in [6.07, 6.45) is 0.377. The van der Waals surface area contributed by atoms with E-state index in [2.05, 4.69) is 15.4 Å². The van der Waals surface area contributed by atoms with Crippen molar-refractivity contribution >= 4 is 23.1 Å². The Morgan fingerprint density at radius 1 is 1.30 bits per heavy atom. The van der Waals surface area contributed by atoms with E-state index in [4.69, 9.17) is 5.11 Å². The number of hydrogen-bond acceptors (Lipinski definition) is 4.